The maximum absolute atomic E-state index is 13.3. The highest BCUT2D eigenvalue weighted by Gasteiger charge is 2.30. The first-order chi connectivity index (χ1) is 19.9. The number of sulfonamides is 1. The van der Waals surface area contributed by atoms with Gasteiger partial charge >= 0.3 is 6.18 Å². The number of likely N-dealkylation sites (tertiary alicyclic amines) is 1. The predicted octanol–water partition coefficient (Wildman–Crippen LogP) is 3.54. The Morgan fingerprint density at radius 1 is 1.12 bits per heavy atom. The van der Waals surface area contributed by atoms with Gasteiger partial charge in [-0.2, -0.15) is 13.2 Å². The molecule has 2 aliphatic rings. The van der Waals surface area contributed by atoms with Crippen LogP contribution in [0.15, 0.2) is 54.5 Å². The molecule has 2 aromatic carbocycles. The van der Waals surface area contributed by atoms with E-state index in [4.69, 9.17) is 4.74 Å². The molecule has 0 aromatic heterocycles. The molecule has 2 atom stereocenters. The highest BCUT2D eigenvalue weighted by Crippen LogP contribution is 2.29. The second-order valence-electron chi connectivity index (χ2n) is 10.6. The van der Waals surface area contributed by atoms with Crippen LogP contribution in [0.5, 0.6) is 5.75 Å². The normalized spacial score (nSPS) is 19.4. The lowest BCUT2D eigenvalue weighted by Crippen LogP contribution is -2.33. The van der Waals surface area contributed by atoms with Crippen LogP contribution in [0.2, 0.25) is 0 Å². The van der Waals surface area contributed by atoms with Crippen LogP contribution in [0.25, 0.3) is 0 Å². The minimum Gasteiger partial charge on any atom is -0.492 e. The Morgan fingerprint density at radius 2 is 1.88 bits per heavy atom. The van der Waals surface area contributed by atoms with E-state index in [0.717, 1.165) is 43.5 Å². The Kier molecular flexibility index (Phi) is 10.3. The third-order valence-electron chi connectivity index (χ3n) is 7.44. The number of alkyl halides is 3. The van der Waals surface area contributed by atoms with Crippen LogP contribution in [0.4, 0.5) is 13.2 Å². The number of hydrogen-bond donors (Lipinski definition) is 3. The van der Waals surface area contributed by atoms with Gasteiger partial charge in [-0.25, -0.2) is 13.1 Å². The number of ether oxygens (including phenoxy) is 1. The molecule has 2 aliphatic heterocycles. The molecular weight excluding hydrogens is 573 g/mol. The van der Waals surface area contributed by atoms with E-state index in [2.05, 4.69) is 21.9 Å². The molecule has 0 spiro atoms. The molecule has 3 N–H and O–H groups in total. The van der Waals surface area contributed by atoms with E-state index in [9.17, 15) is 31.2 Å². The van der Waals surface area contributed by atoms with E-state index in [0.29, 0.717) is 37.4 Å². The Morgan fingerprint density at radius 3 is 2.55 bits per heavy atom. The molecule has 2 amide bonds. The molecule has 2 fully saturated rings. The Hall–Kier alpha value is -3.42. The molecule has 0 saturated carbocycles. The number of nitrogens with one attached hydrogen (secondary N) is 3. The SMILES string of the molecule is C=CS(=O)(=O)NC[C@H]1CCN(C(=O)c2ccc(OCC3CCCNC3)c(C(=O)NCc3ccc(C(F)(F)F)cc3)c2)C1. The minimum absolute atomic E-state index is 0.0183. The summed E-state index contributed by atoms with van der Waals surface area (Å²) in [5, 5.41) is 6.87. The maximum atomic E-state index is 13.3. The third-order valence-corrected chi connectivity index (χ3v) is 8.45. The summed E-state index contributed by atoms with van der Waals surface area (Å²) in [7, 11) is -3.57. The number of benzene rings is 2. The highest BCUT2D eigenvalue weighted by molar-refractivity contribution is 7.92. The van der Waals surface area contributed by atoms with Crippen molar-refractivity contribution in [3.8, 4) is 5.75 Å². The van der Waals surface area contributed by atoms with Crippen molar-refractivity contribution >= 4 is 21.8 Å². The fourth-order valence-electron chi connectivity index (χ4n) is 4.99. The first-order valence-electron chi connectivity index (χ1n) is 13.8. The molecule has 0 bridgehead atoms. The molecule has 228 valence electrons. The van der Waals surface area contributed by atoms with E-state index < -0.39 is 27.7 Å². The molecule has 9 nitrogen and oxygen atoms in total. The largest absolute Gasteiger partial charge is 0.492 e. The van der Waals surface area contributed by atoms with Crippen molar-refractivity contribution in [3.63, 3.8) is 0 Å². The van der Waals surface area contributed by atoms with Gasteiger partial charge in [-0.05, 0) is 67.6 Å². The summed E-state index contributed by atoms with van der Waals surface area (Å²) in [6.07, 6.45) is -1.83. The quantitative estimate of drug-likeness (QED) is 0.360. The third kappa shape index (κ3) is 8.55. The Bertz CT molecular complexity index is 1380. The Balaban J connectivity index is 1.46. The zero-order valence-electron chi connectivity index (χ0n) is 23.1. The average molecular weight is 609 g/mol. The molecule has 42 heavy (non-hydrogen) atoms. The number of hydrogen-bond acceptors (Lipinski definition) is 6. The van der Waals surface area contributed by atoms with Crippen molar-refractivity contribution in [1.82, 2.24) is 20.3 Å². The van der Waals surface area contributed by atoms with Gasteiger partial charge in [0.25, 0.3) is 11.8 Å². The van der Waals surface area contributed by atoms with Gasteiger partial charge in [0.05, 0.1) is 17.7 Å². The van der Waals surface area contributed by atoms with E-state index in [1.165, 1.54) is 18.2 Å². The highest BCUT2D eigenvalue weighted by atomic mass is 32.2. The van der Waals surface area contributed by atoms with Crippen molar-refractivity contribution in [2.75, 3.05) is 39.3 Å². The summed E-state index contributed by atoms with van der Waals surface area (Å²) >= 11 is 0. The molecule has 4 rings (SSSR count). The summed E-state index contributed by atoms with van der Waals surface area (Å²) in [6.45, 7) is 6.34. The zero-order chi connectivity index (χ0) is 30.3. The lowest BCUT2D eigenvalue weighted by atomic mass is 10.0. The molecule has 0 radical (unpaired) electrons. The number of carbonyl (C=O) groups is 2. The smallest absolute Gasteiger partial charge is 0.416 e. The van der Waals surface area contributed by atoms with Crippen LogP contribution >= 0.6 is 0 Å². The monoisotopic (exact) mass is 608 g/mol. The van der Waals surface area contributed by atoms with E-state index >= 15 is 0 Å². The summed E-state index contributed by atoms with van der Waals surface area (Å²) < 4.78 is 70.5. The zero-order valence-corrected chi connectivity index (χ0v) is 23.9. The lowest BCUT2D eigenvalue weighted by molar-refractivity contribution is -0.137. The summed E-state index contributed by atoms with van der Waals surface area (Å²) in [6, 6.07) is 9.16. The van der Waals surface area contributed by atoms with Crippen molar-refractivity contribution in [3.05, 3.63) is 76.7 Å². The average Bonchev–Trinajstić information content (AvgIpc) is 3.47. The molecule has 2 heterocycles. The second kappa shape index (κ2) is 13.7. The molecule has 2 saturated heterocycles. The summed E-state index contributed by atoms with van der Waals surface area (Å²) in [4.78, 5) is 28.2. The van der Waals surface area contributed by atoms with Gasteiger partial charge in [0.15, 0.2) is 0 Å². The van der Waals surface area contributed by atoms with Gasteiger partial charge in [0.2, 0.25) is 10.0 Å². The summed E-state index contributed by atoms with van der Waals surface area (Å²) in [5.41, 5.74) is 0.119. The second-order valence-corrected chi connectivity index (χ2v) is 12.3. The molecular formula is C29H35F3N4O5S. The fraction of sp³-hybridized carbons (Fsp3) is 0.448. The van der Waals surface area contributed by atoms with Gasteiger partial charge in [-0.15, -0.1) is 0 Å². The van der Waals surface area contributed by atoms with Crippen molar-refractivity contribution < 1.29 is 35.9 Å². The summed E-state index contributed by atoms with van der Waals surface area (Å²) in [5.74, 6) is -0.325. The number of halogens is 3. The first kappa shape index (κ1) is 31.5. The number of carbonyl (C=O) groups excluding carboxylic acids is 2. The van der Waals surface area contributed by atoms with Crippen LogP contribution in [0, 0.1) is 11.8 Å². The van der Waals surface area contributed by atoms with E-state index in [1.807, 2.05) is 0 Å². The van der Waals surface area contributed by atoms with Crippen molar-refractivity contribution in [2.24, 2.45) is 11.8 Å². The van der Waals surface area contributed by atoms with Crippen LogP contribution in [-0.2, 0) is 22.7 Å². The van der Waals surface area contributed by atoms with Crippen LogP contribution < -0.4 is 20.1 Å². The number of piperidine rings is 1. The standard InChI is InChI=1S/C29H35F3N4O5S/c1-2-42(39,40)35-17-21-11-13-36(18-21)28(38)23-7-10-26(41-19-22-4-3-12-33-15-22)25(14-23)27(37)34-16-20-5-8-24(9-6-20)29(30,31)32/h2,5-10,14,21-22,33,35H,1,3-4,11-13,15-19H2,(H,34,37)/t21-,22?/m1/s1. The number of rotatable bonds is 11. The molecule has 0 aliphatic carbocycles. The molecule has 13 heteroatoms. The lowest BCUT2D eigenvalue weighted by Gasteiger charge is -2.23. The maximum Gasteiger partial charge on any atom is 0.416 e. The molecule has 2 aromatic rings. The van der Waals surface area contributed by atoms with Gasteiger partial charge in [-0.1, -0.05) is 18.7 Å². The van der Waals surface area contributed by atoms with E-state index in [-0.39, 0.29) is 42.0 Å². The first-order valence-corrected chi connectivity index (χ1v) is 15.3. The predicted molar refractivity (Wildman–Crippen MR) is 151 cm³/mol. The molecule has 1 unspecified atom stereocenters. The van der Waals surface area contributed by atoms with Gasteiger partial charge < -0.3 is 20.3 Å². The number of amides is 2. The minimum atomic E-state index is -4.45. The number of nitrogens with zero attached hydrogens (tertiary/aromatic N) is 1. The van der Waals surface area contributed by atoms with Crippen molar-refractivity contribution in [2.45, 2.75) is 32.0 Å². The Labute approximate surface area is 243 Å². The van der Waals surface area contributed by atoms with Crippen LogP contribution in [-0.4, -0.2) is 64.5 Å². The van der Waals surface area contributed by atoms with E-state index in [1.54, 1.807) is 17.0 Å². The van der Waals surface area contributed by atoms with Crippen LogP contribution in [0.3, 0.4) is 0 Å². The fourth-order valence-corrected chi connectivity index (χ4v) is 5.57. The van der Waals surface area contributed by atoms with Gasteiger partial charge in [0, 0.05) is 49.6 Å². The van der Waals surface area contributed by atoms with Crippen LogP contribution in [0.1, 0.15) is 51.1 Å². The van der Waals surface area contributed by atoms with Gasteiger partial charge in [0.1, 0.15) is 5.75 Å². The van der Waals surface area contributed by atoms with Crippen molar-refractivity contribution in [1.29, 1.82) is 0 Å². The van der Waals surface area contributed by atoms with Gasteiger partial charge in [-0.3, -0.25) is 9.59 Å². The topological polar surface area (TPSA) is 117 Å².